The van der Waals surface area contributed by atoms with Crippen molar-refractivity contribution in [1.82, 2.24) is 4.98 Å². The number of nitrogen functional groups attached to an aromatic ring is 1. The lowest BCUT2D eigenvalue weighted by atomic mass is 10.1. The molecule has 22 heavy (non-hydrogen) atoms. The first-order valence-electron chi connectivity index (χ1n) is 6.28. The highest BCUT2D eigenvalue weighted by Gasteiger charge is 2.38. The van der Waals surface area contributed by atoms with Crippen molar-refractivity contribution >= 4 is 5.82 Å². The summed E-state index contributed by atoms with van der Waals surface area (Å²) in [6, 6.07) is 9.04. The normalized spacial score (nSPS) is 12.8. The quantitative estimate of drug-likeness (QED) is 0.504. The van der Waals surface area contributed by atoms with Crippen LogP contribution in [0.2, 0.25) is 0 Å². The van der Waals surface area contributed by atoms with Crippen LogP contribution in [0.4, 0.5) is 23.4 Å². The van der Waals surface area contributed by atoms with Crippen molar-refractivity contribution in [2.45, 2.75) is 12.3 Å². The zero-order valence-electron chi connectivity index (χ0n) is 11.3. The van der Waals surface area contributed by atoms with E-state index in [0.717, 1.165) is 12.3 Å². The Kier molecular flexibility index (Phi) is 4.81. The smallest absolute Gasteiger partial charge is 0.423 e. The Morgan fingerprint density at radius 1 is 1.18 bits per heavy atom. The molecule has 0 radical (unpaired) electrons. The van der Waals surface area contributed by atoms with Crippen LogP contribution in [0, 0.1) is 0 Å². The Labute approximate surface area is 123 Å². The largest absolute Gasteiger partial charge is 0.489 e. The van der Waals surface area contributed by atoms with Gasteiger partial charge in [-0.2, -0.15) is 13.2 Å². The van der Waals surface area contributed by atoms with E-state index in [1.165, 1.54) is 12.1 Å². The summed E-state index contributed by atoms with van der Waals surface area (Å²) in [5.41, 5.74) is 1.01. The molecule has 1 unspecified atom stereocenters. The van der Waals surface area contributed by atoms with E-state index in [1.54, 1.807) is 18.2 Å². The topological polar surface area (TPSA) is 60.2 Å². The van der Waals surface area contributed by atoms with Crippen molar-refractivity contribution in [3.63, 3.8) is 0 Å². The highest BCUT2D eigenvalue weighted by molar-refractivity contribution is 5.52. The molecule has 0 bridgehead atoms. The molecule has 1 atom stereocenters. The molecule has 0 aliphatic rings. The molecule has 0 aliphatic carbocycles. The van der Waals surface area contributed by atoms with Crippen molar-refractivity contribution in [2.75, 3.05) is 12.0 Å². The monoisotopic (exact) mass is 315 g/mol. The van der Waals surface area contributed by atoms with Gasteiger partial charge in [-0.1, -0.05) is 30.3 Å². The standard InChI is InChI=1S/C14H13F4N3O/c15-10(9-4-2-1-3-5-9)8-22-11-6-7-20-13(21-19)12(11)14(16,17)18/h1-7,10H,8,19H2,(H,20,21). The molecule has 3 N–H and O–H groups in total. The minimum Gasteiger partial charge on any atom is -0.489 e. The Morgan fingerprint density at radius 2 is 1.86 bits per heavy atom. The lowest BCUT2D eigenvalue weighted by Gasteiger charge is -2.17. The molecule has 0 saturated heterocycles. The highest BCUT2D eigenvalue weighted by Crippen LogP contribution is 2.40. The summed E-state index contributed by atoms with van der Waals surface area (Å²) in [5, 5.41) is 0. The van der Waals surface area contributed by atoms with E-state index >= 15 is 0 Å². The second-order valence-corrected chi connectivity index (χ2v) is 4.36. The fraction of sp³-hybridized carbons (Fsp3) is 0.214. The third kappa shape index (κ3) is 3.64. The number of aromatic nitrogens is 1. The van der Waals surface area contributed by atoms with E-state index in [1.807, 2.05) is 5.43 Å². The van der Waals surface area contributed by atoms with Crippen LogP contribution in [0.5, 0.6) is 5.75 Å². The number of ether oxygens (including phenoxy) is 1. The van der Waals surface area contributed by atoms with Gasteiger partial charge in [0, 0.05) is 6.20 Å². The molecule has 0 fully saturated rings. The van der Waals surface area contributed by atoms with E-state index in [9.17, 15) is 17.6 Å². The molecule has 1 aromatic heterocycles. The van der Waals surface area contributed by atoms with Crippen LogP contribution in [0.25, 0.3) is 0 Å². The van der Waals surface area contributed by atoms with Gasteiger partial charge in [0.2, 0.25) is 0 Å². The van der Waals surface area contributed by atoms with Crippen LogP contribution in [0.3, 0.4) is 0 Å². The molecular formula is C14H13F4N3O. The van der Waals surface area contributed by atoms with Crippen molar-refractivity contribution < 1.29 is 22.3 Å². The third-order valence-electron chi connectivity index (χ3n) is 2.88. The lowest BCUT2D eigenvalue weighted by Crippen LogP contribution is -2.18. The average Bonchev–Trinajstić information content (AvgIpc) is 2.52. The van der Waals surface area contributed by atoms with E-state index in [4.69, 9.17) is 10.6 Å². The second-order valence-electron chi connectivity index (χ2n) is 4.36. The number of pyridine rings is 1. The van der Waals surface area contributed by atoms with E-state index in [2.05, 4.69) is 4.98 Å². The van der Waals surface area contributed by atoms with Gasteiger partial charge in [-0.3, -0.25) is 0 Å². The molecule has 4 nitrogen and oxygen atoms in total. The van der Waals surface area contributed by atoms with Gasteiger partial charge in [0.15, 0.2) is 12.0 Å². The number of alkyl halides is 4. The number of hydrazine groups is 1. The molecule has 0 saturated carbocycles. The number of halogens is 4. The number of anilines is 1. The van der Waals surface area contributed by atoms with Crippen LogP contribution in [-0.2, 0) is 6.18 Å². The van der Waals surface area contributed by atoms with Gasteiger partial charge in [0.25, 0.3) is 0 Å². The van der Waals surface area contributed by atoms with Crippen LogP contribution >= 0.6 is 0 Å². The SMILES string of the molecule is NNc1nccc(OCC(F)c2ccccc2)c1C(F)(F)F. The minimum absolute atomic E-state index is 0.322. The number of hydrogen-bond donors (Lipinski definition) is 2. The summed E-state index contributed by atoms with van der Waals surface area (Å²) in [6.07, 6.45) is -5.19. The van der Waals surface area contributed by atoms with Crippen molar-refractivity contribution in [3.8, 4) is 5.75 Å². The van der Waals surface area contributed by atoms with Gasteiger partial charge in [0.1, 0.15) is 17.9 Å². The maximum Gasteiger partial charge on any atom is 0.423 e. The highest BCUT2D eigenvalue weighted by atomic mass is 19.4. The lowest BCUT2D eigenvalue weighted by molar-refractivity contribution is -0.138. The van der Waals surface area contributed by atoms with Crippen molar-refractivity contribution in [2.24, 2.45) is 5.84 Å². The zero-order chi connectivity index (χ0) is 16.2. The fourth-order valence-corrected chi connectivity index (χ4v) is 1.87. The molecule has 0 spiro atoms. The number of nitrogens with two attached hydrogens (primary N) is 1. The van der Waals surface area contributed by atoms with Crippen LogP contribution in [0.1, 0.15) is 17.3 Å². The Bertz CT molecular complexity index is 619. The molecule has 2 rings (SSSR count). The summed E-state index contributed by atoms with van der Waals surface area (Å²) >= 11 is 0. The average molecular weight is 315 g/mol. The summed E-state index contributed by atoms with van der Waals surface area (Å²) in [7, 11) is 0. The summed E-state index contributed by atoms with van der Waals surface area (Å²) in [5.74, 6) is 3.90. The van der Waals surface area contributed by atoms with E-state index < -0.39 is 36.1 Å². The Balaban J connectivity index is 2.20. The molecule has 1 aromatic carbocycles. The van der Waals surface area contributed by atoms with Gasteiger partial charge in [-0.25, -0.2) is 15.2 Å². The van der Waals surface area contributed by atoms with E-state index in [0.29, 0.717) is 5.56 Å². The Morgan fingerprint density at radius 3 is 2.45 bits per heavy atom. The number of nitrogens with zero attached hydrogens (tertiary/aromatic N) is 1. The molecule has 8 heteroatoms. The van der Waals surface area contributed by atoms with E-state index in [-0.39, 0.29) is 0 Å². The number of hydrogen-bond acceptors (Lipinski definition) is 4. The van der Waals surface area contributed by atoms with Gasteiger partial charge in [-0.05, 0) is 11.6 Å². The van der Waals surface area contributed by atoms with Crippen molar-refractivity contribution in [1.29, 1.82) is 0 Å². The molecule has 1 heterocycles. The maximum absolute atomic E-state index is 14.0. The fourth-order valence-electron chi connectivity index (χ4n) is 1.87. The van der Waals surface area contributed by atoms with Crippen LogP contribution in [-0.4, -0.2) is 11.6 Å². The second kappa shape index (κ2) is 6.61. The number of rotatable bonds is 5. The predicted molar refractivity (Wildman–Crippen MR) is 72.8 cm³/mol. The molecule has 0 amide bonds. The molecular weight excluding hydrogens is 302 g/mol. The van der Waals surface area contributed by atoms with Gasteiger partial charge in [-0.15, -0.1) is 0 Å². The van der Waals surface area contributed by atoms with Gasteiger partial charge in [0.05, 0.1) is 0 Å². The summed E-state index contributed by atoms with van der Waals surface area (Å²) < 4.78 is 58.1. The van der Waals surface area contributed by atoms with Gasteiger partial charge >= 0.3 is 6.18 Å². The molecule has 118 valence electrons. The van der Waals surface area contributed by atoms with Crippen LogP contribution < -0.4 is 16.0 Å². The Hall–Kier alpha value is -2.35. The van der Waals surface area contributed by atoms with Crippen LogP contribution in [0.15, 0.2) is 42.6 Å². The summed E-state index contributed by atoms with van der Waals surface area (Å²) in [4.78, 5) is 3.48. The summed E-state index contributed by atoms with van der Waals surface area (Å²) in [6.45, 7) is -0.554. The number of nitrogens with one attached hydrogen (secondary N) is 1. The number of benzene rings is 1. The van der Waals surface area contributed by atoms with Gasteiger partial charge < -0.3 is 10.2 Å². The predicted octanol–water partition coefficient (Wildman–Crippen LogP) is 3.48. The molecule has 2 aromatic rings. The first-order valence-corrected chi connectivity index (χ1v) is 6.28. The third-order valence-corrected chi connectivity index (χ3v) is 2.88. The first kappa shape index (κ1) is 16.0. The minimum atomic E-state index is -4.73. The maximum atomic E-state index is 14.0. The first-order chi connectivity index (χ1) is 10.4. The van der Waals surface area contributed by atoms with Crippen molar-refractivity contribution in [3.05, 3.63) is 53.7 Å². The molecule has 0 aliphatic heterocycles. The zero-order valence-corrected chi connectivity index (χ0v) is 11.3.